The van der Waals surface area contributed by atoms with Gasteiger partial charge in [0.05, 0.1) is 11.7 Å². The largest absolute Gasteiger partial charge is 0.351 e. The maximum absolute atomic E-state index is 12.6. The Morgan fingerprint density at radius 2 is 2.03 bits per heavy atom. The Hall–Kier alpha value is -3.55. The van der Waals surface area contributed by atoms with Gasteiger partial charge in [-0.25, -0.2) is 4.68 Å². The van der Waals surface area contributed by atoms with Crippen molar-refractivity contribution in [1.29, 1.82) is 0 Å². The van der Waals surface area contributed by atoms with Gasteiger partial charge in [0.15, 0.2) is 0 Å². The number of thiophene rings is 1. The molecule has 4 rings (SSSR count). The number of likely N-dealkylation sites (N-methyl/N-ethyl adjacent to an activating group) is 1. The molecule has 0 aliphatic heterocycles. The molecule has 6 nitrogen and oxygen atoms in total. The number of nitrogens with zero attached hydrogens (tertiary/aromatic N) is 4. The summed E-state index contributed by atoms with van der Waals surface area (Å²) in [5, 5.41) is 11.9. The lowest BCUT2D eigenvalue weighted by Crippen LogP contribution is -2.33. The van der Waals surface area contributed by atoms with E-state index in [0.29, 0.717) is 6.54 Å². The quantitative estimate of drug-likeness (QED) is 0.409. The third kappa shape index (κ3) is 5.19. The predicted molar refractivity (Wildman–Crippen MR) is 130 cm³/mol. The molecule has 4 aromatic rings. The monoisotopic (exact) mass is 443 g/mol. The van der Waals surface area contributed by atoms with Crippen molar-refractivity contribution in [3.63, 3.8) is 0 Å². The van der Waals surface area contributed by atoms with Crippen molar-refractivity contribution in [2.45, 2.75) is 6.04 Å². The van der Waals surface area contributed by atoms with E-state index < -0.39 is 0 Å². The predicted octanol–water partition coefficient (Wildman–Crippen LogP) is 4.43. The smallest absolute Gasteiger partial charge is 0.244 e. The van der Waals surface area contributed by atoms with Crippen molar-refractivity contribution < 1.29 is 4.79 Å². The molecule has 0 saturated carbocycles. The van der Waals surface area contributed by atoms with Crippen LogP contribution in [0.1, 0.15) is 17.2 Å². The Labute approximate surface area is 191 Å². The molecule has 0 fully saturated rings. The fraction of sp³-hybridized carbons (Fsp3) is 0.160. The topological polar surface area (TPSA) is 63.1 Å². The molecule has 0 bridgehead atoms. The van der Waals surface area contributed by atoms with E-state index in [0.717, 1.165) is 22.5 Å². The second-order valence-corrected chi connectivity index (χ2v) is 8.35. The summed E-state index contributed by atoms with van der Waals surface area (Å²) in [5.41, 5.74) is 4.67. The van der Waals surface area contributed by atoms with Crippen molar-refractivity contribution in [3.8, 4) is 16.9 Å². The van der Waals surface area contributed by atoms with Crippen LogP contribution < -0.4 is 5.32 Å². The van der Waals surface area contributed by atoms with E-state index in [9.17, 15) is 4.79 Å². The Bertz CT molecular complexity index is 1170. The lowest BCUT2D eigenvalue weighted by molar-refractivity contribution is -0.116. The first-order valence-corrected chi connectivity index (χ1v) is 11.3. The van der Waals surface area contributed by atoms with Gasteiger partial charge in [0, 0.05) is 42.3 Å². The van der Waals surface area contributed by atoms with Crippen LogP contribution in [0.15, 0.2) is 84.0 Å². The van der Waals surface area contributed by atoms with Crippen LogP contribution in [0.5, 0.6) is 0 Å². The lowest BCUT2D eigenvalue weighted by Gasteiger charge is -2.23. The second-order valence-electron chi connectivity index (χ2n) is 7.57. The van der Waals surface area contributed by atoms with Gasteiger partial charge in [-0.2, -0.15) is 16.4 Å². The van der Waals surface area contributed by atoms with E-state index in [1.165, 1.54) is 5.56 Å². The van der Waals surface area contributed by atoms with Crippen LogP contribution in [0.25, 0.3) is 23.0 Å². The normalized spacial score (nSPS) is 12.3. The number of aromatic nitrogens is 3. The highest BCUT2D eigenvalue weighted by Crippen LogP contribution is 2.24. The number of carbonyl (C=O) groups excluding carboxylic acids is 1. The lowest BCUT2D eigenvalue weighted by atomic mass is 10.1. The van der Waals surface area contributed by atoms with E-state index in [1.54, 1.807) is 35.9 Å². The number of hydrogen-bond acceptors (Lipinski definition) is 5. The fourth-order valence-electron chi connectivity index (χ4n) is 3.43. The summed E-state index contributed by atoms with van der Waals surface area (Å²) in [6, 6.07) is 16.0. The average Bonchev–Trinajstić information content (AvgIpc) is 3.49. The van der Waals surface area contributed by atoms with Gasteiger partial charge < -0.3 is 10.2 Å². The first kappa shape index (κ1) is 21.7. The number of nitrogens with one attached hydrogen (secondary N) is 1. The number of amides is 1. The Balaban J connectivity index is 1.53. The molecule has 1 aromatic carbocycles. The summed E-state index contributed by atoms with van der Waals surface area (Å²) < 4.78 is 1.82. The zero-order valence-corrected chi connectivity index (χ0v) is 18.9. The zero-order valence-electron chi connectivity index (χ0n) is 18.1. The summed E-state index contributed by atoms with van der Waals surface area (Å²) in [4.78, 5) is 18.9. The van der Waals surface area contributed by atoms with Crippen LogP contribution >= 0.6 is 11.3 Å². The van der Waals surface area contributed by atoms with Gasteiger partial charge in [-0.1, -0.05) is 18.2 Å². The number of para-hydroxylation sites is 1. The van der Waals surface area contributed by atoms with E-state index in [4.69, 9.17) is 5.10 Å². The molecular weight excluding hydrogens is 418 g/mol. The van der Waals surface area contributed by atoms with Crippen LogP contribution in [0.4, 0.5) is 0 Å². The maximum atomic E-state index is 12.6. The molecule has 32 heavy (non-hydrogen) atoms. The van der Waals surface area contributed by atoms with Gasteiger partial charge >= 0.3 is 0 Å². The Morgan fingerprint density at radius 1 is 1.19 bits per heavy atom. The van der Waals surface area contributed by atoms with Crippen molar-refractivity contribution >= 4 is 23.3 Å². The van der Waals surface area contributed by atoms with Crippen molar-refractivity contribution in [3.05, 3.63) is 95.1 Å². The third-order valence-corrected chi connectivity index (χ3v) is 5.83. The van der Waals surface area contributed by atoms with Gasteiger partial charge in [-0.15, -0.1) is 0 Å². The molecule has 0 saturated heterocycles. The summed E-state index contributed by atoms with van der Waals surface area (Å²) >= 11 is 1.66. The van der Waals surface area contributed by atoms with E-state index in [-0.39, 0.29) is 11.9 Å². The first-order valence-electron chi connectivity index (χ1n) is 10.3. The third-order valence-electron chi connectivity index (χ3n) is 5.13. The Kier molecular flexibility index (Phi) is 6.89. The first-order chi connectivity index (χ1) is 15.6. The highest BCUT2D eigenvalue weighted by atomic mass is 32.1. The Morgan fingerprint density at radius 3 is 2.72 bits per heavy atom. The minimum Gasteiger partial charge on any atom is -0.351 e. The summed E-state index contributed by atoms with van der Waals surface area (Å²) in [6.45, 7) is 0.533. The second kappa shape index (κ2) is 10.2. The minimum atomic E-state index is -0.142. The highest BCUT2D eigenvalue weighted by Gasteiger charge is 2.15. The number of benzene rings is 1. The van der Waals surface area contributed by atoms with E-state index >= 15 is 0 Å². The van der Waals surface area contributed by atoms with Crippen LogP contribution in [-0.2, 0) is 4.79 Å². The van der Waals surface area contributed by atoms with Crippen LogP contribution in [-0.4, -0.2) is 46.2 Å². The molecule has 162 valence electrons. The molecule has 0 aliphatic carbocycles. The van der Waals surface area contributed by atoms with Crippen LogP contribution in [0.3, 0.4) is 0 Å². The summed E-state index contributed by atoms with van der Waals surface area (Å²) in [5.74, 6) is -0.142. The number of pyridine rings is 1. The van der Waals surface area contributed by atoms with Crippen molar-refractivity contribution in [2.75, 3.05) is 20.6 Å². The molecule has 1 amide bonds. The fourth-order valence-corrected chi connectivity index (χ4v) is 4.14. The molecule has 3 aromatic heterocycles. The van der Waals surface area contributed by atoms with E-state index in [2.05, 4.69) is 32.0 Å². The van der Waals surface area contributed by atoms with Crippen LogP contribution in [0.2, 0.25) is 0 Å². The van der Waals surface area contributed by atoms with E-state index in [1.807, 2.05) is 67.4 Å². The summed E-state index contributed by atoms with van der Waals surface area (Å²) in [7, 11) is 4.03. The van der Waals surface area contributed by atoms with Gasteiger partial charge in [-0.3, -0.25) is 9.78 Å². The van der Waals surface area contributed by atoms with Crippen LogP contribution in [0, 0.1) is 0 Å². The van der Waals surface area contributed by atoms with Gasteiger partial charge in [0.1, 0.15) is 5.69 Å². The SMILES string of the molecule is CN(C)C(CNC(=O)/C=C/c1cn(-c2ccccc2)nc1-c1cccnc1)c1ccsc1. The molecule has 1 unspecified atom stereocenters. The zero-order chi connectivity index (χ0) is 22.3. The maximum Gasteiger partial charge on any atom is 0.244 e. The van der Waals surface area contributed by atoms with Crippen molar-refractivity contribution in [1.82, 2.24) is 25.0 Å². The number of carbonyl (C=O) groups is 1. The minimum absolute atomic E-state index is 0.130. The number of rotatable bonds is 8. The molecule has 7 heteroatoms. The molecule has 1 atom stereocenters. The molecule has 0 spiro atoms. The average molecular weight is 444 g/mol. The molecule has 0 aliphatic rings. The molecular formula is C25H25N5OS. The molecule has 0 radical (unpaired) electrons. The molecule has 1 N–H and O–H groups in total. The van der Waals surface area contributed by atoms with Gasteiger partial charge in [0.2, 0.25) is 5.91 Å². The van der Waals surface area contributed by atoms with Gasteiger partial charge in [0.25, 0.3) is 0 Å². The summed E-state index contributed by atoms with van der Waals surface area (Å²) in [6.07, 6.45) is 8.80. The standard InChI is InChI=1S/C25H25N5OS/c1-29(2)23(21-12-14-32-18-21)16-27-24(31)11-10-20-17-30(22-8-4-3-5-9-22)28-25(20)19-7-6-13-26-15-19/h3-15,17-18,23H,16H2,1-2H3,(H,27,31)/b11-10+. The molecule has 3 heterocycles. The number of hydrogen-bond donors (Lipinski definition) is 1. The highest BCUT2D eigenvalue weighted by molar-refractivity contribution is 7.08. The van der Waals surface area contributed by atoms with Gasteiger partial charge in [-0.05, 0) is 66.8 Å². The van der Waals surface area contributed by atoms with Crippen molar-refractivity contribution in [2.24, 2.45) is 0 Å².